The van der Waals surface area contributed by atoms with E-state index in [1.807, 2.05) is 0 Å². The van der Waals surface area contributed by atoms with Crippen molar-refractivity contribution in [1.29, 1.82) is 0 Å². The van der Waals surface area contributed by atoms with Gasteiger partial charge in [0.15, 0.2) is 5.78 Å². The fraction of sp³-hybridized carbons (Fsp3) is 0.231. The summed E-state index contributed by atoms with van der Waals surface area (Å²) in [6.07, 6.45) is 0. The molecule has 0 aliphatic rings. The molecule has 2 rings (SSSR count). The first-order valence-electron chi connectivity index (χ1n) is 6.22. The first-order valence-corrected chi connectivity index (χ1v) is 7.10. The van der Waals surface area contributed by atoms with Crippen molar-refractivity contribution in [3.63, 3.8) is 0 Å². The van der Waals surface area contributed by atoms with Crippen LogP contribution in [-0.4, -0.2) is 32.1 Å². The van der Waals surface area contributed by atoms with Gasteiger partial charge in [0, 0.05) is 11.3 Å². The molecule has 4 N–H and O–H groups in total. The molecular formula is C13H15N5O2S. The highest BCUT2D eigenvalue weighted by molar-refractivity contribution is 8.00. The van der Waals surface area contributed by atoms with Gasteiger partial charge in [-0.15, -0.1) is 5.10 Å². The molecule has 21 heavy (non-hydrogen) atoms. The monoisotopic (exact) mass is 305 g/mol. The van der Waals surface area contributed by atoms with Crippen LogP contribution in [0.4, 0.5) is 11.6 Å². The number of nitrogens with one attached hydrogen (secondary N) is 2. The van der Waals surface area contributed by atoms with Crippen molar-refractivity contribution in [2.75, 3.05) is 11.1 Å². The van der Waals surface area contributed by atoms with Crippen molar-refractivity contribution in [3.8, 4) is 0 Å². The fourth-order valence-corrected chi connectivity index (χ4v) is 2.29. The van der Waals surface area contributed by atoms with Crippen LogP contribution in [-0.2, 0) is 4.79 Å². The van der Waals surface area contributed by atoms with Gasteiger partial charge in [-0.05, 0) is 38.1 Å². The topological polar surface area (TPSA) is 114 Å². The van der Waals surface area contributed by atoms with Crippen LogP contribution in [0.1, 0.15) is 24.2 Å². The SMILES string of the molecule is CC(=O)c1ccc(NC(=O)[C@H](C)Sc2n[nH]c(N)n2)cc1. The molecule has 2 aromatic rings. The fourth-order valence-electron chi connectivity index (χ4n) is 1.55. The molecule has 1 aromatic carbocycles. The van der Waals surface area contributed by atoms with E-state index in [-0.39, 0.29) is 22.9 Å². The highest BCUT2D eigenvalue weighted by atomic mass is 32.2. The van der Waals surface area contributed by atoms with Gasteiger partial charge in [0.25, 0.3) is 0 Å². The Morgan fingerprint density at radius 3 is 2.52 bits per heavy atom. The molecule has 0 unspecified atom stereocenters. The van der Waals surface area contributed by atoms with E-state index in [1.165, 1.54) is 18.7 Å². The van der Waals surface area contributed by atoms with Gasteiger partial charge in [-0.25, -0.2) is 5.10 Å². The molecule has 1 heterocycles. The molecule has 0 saturated heterocycles. The number of nitrogens with zero attached hydrogens (tertiary/aromatic N) is 2. The van der Waals surface area contributed by atoms with Crippen LogP contribution in [0.25, 0.3) is 0 Å². The van der Waals surface area contributed by atoms with Crippen LogP contribution in [0.15, 0.2) is 29.4 Å². The maximum atomic E-state index is 12.0. The van der Waals surface area contributed by atoms with Crippen molar-refractivity contribution in [3.05, 3.63) is 29.8 Å². The van der Waals surface area contributed by atoms with E-state index in [9.17, 15) is 9.59 Å². The Morgan fingerprint density at radius 2 is 2.00 bits per heavy atom. The Hall–Kier alpha value is -2.35. The Morgan fingerprint density at radius 1 is 1.33 bits per heavy atom. The minimum atomic E-state index is -0.382. The highest BCUT2D eigenvalue weighted by Gasteiger charge is 2.17. The minimum absolute atomic E-state index is 0.0148. The Kier molecular flexibility index (Phi) is 4.59. The lowest BCUT2D eigenvalue weighted by atomic mass is 10.1. The average molecular weight is 305 g/mol. The average Bonchev–Trinajstić information content (AvgIpc) is 2.84. The van der Waals surface area contributed by atoms with E-state index in [1.54, 1.807) is 31.2 Å². The van der Waals surface area contributed by atoms with Crippen LogP contribution in [0, 0.1) is 0 Å². The van der Waals surface area contributed by atoms with E-state index >= 15 is 0 Å². The summed E-state index contributed by atoms with van der Waals surface area (Å²) in [7, 11) is 0. The number of anilines is 2. The zero-order valence-electron chi connectivity index (χ0n) is 11.6. The zero-order valence-corrected chi connectivity index (χ0v) is 12.4. The number of carbonyl (C=O) groups is 2. The number of ketones is 1. The molecule has 7 nitrogen and oxygen atoms in total. The summed E-state index contributed by atoms with van der Waals surface area (Å²) in [6, 6.07) is 6.73. The summed E-state index contributed by atoms with van der Waals surface area (Å²) in [6.45, 7) is 3.24. The number of aromatic amines is 1. The van der Waals surface area contributed by atoms with Gasteiger partial charge >= 0.3 is 0 Å². The Labute approximate surface area is 125 Å². The number of thioether (sulfide) groups is 1. The lowest BCUT2D eigenvalue weighted by Gasteiger charge is -2.10. The lowest BCUT2D eigenvalue weighted by Crippen LogP contribution is -2.22. The van der Waals surface area contributed by atoms with Crippen molar-refractivity contribution < 1.29 is 9.59 Å². The van der Waals surface area contributed by atoms with Gasteiger partial charge in [-0.2, -0.15) is 4.98 Å². The second kappa shape index (κ2) is 6.40. The van der Waals surface area contributed by atoms with E-state index in [0.717, 1.165) is 0 Å². The molecule has 1 amide bonds. The number of carbonyl (C=O) groups excluding carboxylic acids is 2. The Bertz CT molecular complexity index is 653. The number of nitrogen functional groups attached to an aromatic ring is 1. The lowest BCUT2D eigenvalue weighted by molar-refractivity contribution is -0.115. The van der Waals surface area contributed by atoms with E-state index in [4.69, 9.17) is 5.73 Å². The number of nitrogens with two attached hydrogens (primary N) is 1. The van der Waals surface area contributed by atoms with Crippen LogP contribution < -0.4 is 11.1 Å². The number of hydrogen-bond donors (Lipinski definition) is 3. The summed E-state index contributed by atoms with van der Waals surface area (Å²) in [5.41, 5.74) is 6.66. The molecule has 8 heteroatoms. The molecule has 110 valence electrons. The molecular weight excluding hydrogens is 290 g/mol. The molecule has 0 saturated carbocycles. The molecule has 0 spiro atoms. The van der Waals surface area contributed by atoms with E-state index in [2.05, 4.69) is 20.5 Å². The van der Waals surface area contributed by atoms with Gasteiger partial charge in [0.2, 0.25) is 17.0 Å². The van der Waals surface area contributed by atoms with Crippen LogP contribution in [0.2, 0.25) is 0 Å². The smallest absolute Gasteiger partial charge is 0.237 e. The standard InChI is InChI=1S/C13H15N5O2S/c1-7(19)9-3-5-10(6-4-9)15-11(20)8(2)21-13-16-12(14)17-18-13/h3-6,8H,1-2H3,(H,15,20)(H3,14,16,17,18)/t8-/m0/s1. The summed E-state index contributed by atoms with van der Waals surface area (Å²) >= 11 is 1.20. The number of amides is 1. The van der Waals surface area contributed by atoms with Crippen LogP contribution >= 0.6 is 11.8 Å². The van der Waals surface area contributed by atoms with Crippen molar-refractivity contribution in [2.24, 2.45) is 0 Å². The maximum absolute atomic E-state index is 12.0. The summed E-state index contributed by atoms with van der Waals surface area (Å²) in [5.74, 6) is 0.0165. The molecule has 0 bridgehead atoms. The third-order valence-corrected chi connectivity index (χ3v) is 3.65. The van der Waals surface area contributed by atoms with Gasteiger partial charge in [-0.1, -0.05) is 11.8 Å². The van der Waals surface area contributed by atoms with Crippen LogP contribution in [0.5, 0.6) is 0 Å². The summed E-state index contributed by atoms with van der Waals surface area (Å²) in [4.78, 5) is 27.1. The molecule has 0 radical (unpaired) electrons. The first-order chi connectivity index (χ1) is 9.95. The third-order valence-electron chi connectivity index (χ3n) is 2.69. The predicted molar refractivity (Wildman–Crippen MR) is 81.2 cm³/mol. The Balaban J connectivity index is 1.95. The summed E-state index contributed by atoms with van der Waals surface area (Å²) in [5, 5.41) is 9.18. The van der Waals surface area contributed by atoms with E-state index < -0.39 is 0 Å². The zero-order chi connectivity index (χ0) is 15.4. The number of benzene rings is 1. The summed E-state index contributed by atoms with van der Waals surface area (Å²) < 4.78 is 0. The van der Waals surface area contributed by atoms with Gasteiger partial charge < -0.3 is 11.1 Å². The largest absolute Gasteiger partial charge is 0.368 e. The number of Topliss-reactive ketones (excluding diaryl/α,β-unsaturated/α-hetero) is 1. The first kappa shape index (κ1) is 15.0. The van der Waals surface area contributed by atoms with Crippen molar-refractivity contribution in [1.82, 2.24) is 15.2 Å². The van der Waals surface area contributed by atoms with Crippen LogP contribution in [0.3, 0.4) is 0 Å². The van der Waals surface area contributed by atoms with Gasteiger partial charge in [0.05, 0.1) is 5.25 Å². The molecule has 0 aliphatic carbocycles. The number of rotatable bonds is 5. The number of hydrogen-bond acceptors (Lipinski definition) is 6. The molecule has 1 aromatic heterocycles. The molecule has 0 fully saturated rings. The van der Waals surface area contributed by atoms with E-state index in [0.29, 0.717) is 16.4 Å². The molecule has 1 atom stereocenters. The highest BCUT2D eigenvalue weighted by Crippen LogP contribution is 2.21. The minimum Gasteiger partial charge on any atom is -0.368 e. The number of H-pyrrole nitrogens is 1. The second-order valence-electron chi connectivity index (χ2n) is 4.39. The number of aromatic nitrogens is 3. The maximum Gasteiger partial charge on any atom is 0.237 e. The van der Waals surface area contributed by atoms with Crippen molar-refractivity contribution >= 4 is 35.1 Å². The molecule has 0 aliphatic heterocycles. The van der Waals surface area contributed by atoms with Gasteiger partial charge in [-0.3, -0.25) is 9.59 Å². The van der Waals surface area contributed by atoms with Gasteiger partial charge in [0.1, 0.15) is 0 Å². The predicted octanol–water partition coefficient (Wildman–Crippen LogP) is 1.71. The third kappa shape index (κ3) is 4.06. The van der Waals surface area contributed by atoms with Crippen molar-refractivity contribution in [2.45, 2.75) is 24.3 Å². The second-order valence-corrected chi connectivity index (χ2v) is 5.69. The quantitative estimate of drug-likeness (QED) is 0.572. The normalized spacial score (nSPS) is 11.9.